The summed E-state index contributed by atoms with van der Waals surface area (Å²) in [7, 11) is 5.31. The summed E-state index contributed by atoms with van der Waals surface area (Å²) in [5, 5.41) is 0. The molecule has 0 bridgehead atoms. The number of aromatic amines is 1. The molecular weight excluding hydrogens is 182 g/mol. The molecule has 0 amide bonds. The topological polar surface area (TPSA) is 66.8 Å². The molecule has 0 saturated heterocycles. The first kappa shape index (κ1) is 8.74. The average Bonchev–Trinajstić information content (AvgIpc) is 2.48. The molecule has 6 nitrogen and oxygen atoms in total. The van der Waals surface area contributed by atoms with Gasteiger partial charge >= 0.3 is 0 Å². The van der Waals surface area contributed by atoms with Gasteiger partial charge in [0.05, 0.1) is 0 Å². The maximum Gasteiger partial charge on any atom is 0.278 e. The van der Waals surface area contributed by atoms with E-state index in [1.165, 1.54) is 4.57 Å². The van der Waals surface area contributed by atoms with E-state index in [0.717, 1.165) is 0 Å². The molecular formula is C8H10N5O. The van der Waals surface area contributed by atoms with Gasteiger partial charge in [-0.3, -0.25) is 9.78 Å². The summed E-state index contributed by atoms with van der Waals surface area (Å²) >= 11 is 0. The number of hydrogen-bond acceptors (Lipinski definition) is 4. The molecule has 73 valence electrons. The summed E-state index contributed by atoms with van der Waals surface area (Å²) in [6.07, 6.45) is 2.65. The molecule has 1 N–H and O–H groups in total. The largest absolute Gasteiger partial charge is 0.348 e. The van der Waals surface area contributed by atoms with Gasteiger partial charge in [0, 0.05) is 21.1 Å². The standard InChI is InChI=1S/C8H10N5O/c1-12(2)8-10-6-5(7(14)11-8)13(3)4-9-6/h1-3H3,(H,10,11,14). The van der Waals surface area contributed by atoms with Gasteiger partial charge in [-0.25, -0.2) is 4.98 Å². The second-order valence-electron chi connectivity index (χ2n) is 3.23. The number of nitrogens with zero attached hydrogens (tertiary/aromatic N) is 4. The van der Waals surface area contributed by atoms with Crippen molar-refractivity contribution in [3.63, 3.8) is 0 Å². The van der Waals surface area contributed by atoms with Crippen LogP contribution in [0.5, 0.6) is 0 Å². The highest BCUT2D eigenvalue weighted by Gasteiger charge is 2.09. The first-order valence-electron chi connectivity index (χ1n) is 4.11. The van der Waals surface area contributed by atoms with E-state index in [4.69, 9.17) is 0 Å². The molecule has 0 unspecified atom stereocenters. The fourth-order valence-electron chi connectivity index (χ4n) is 1.21. The first-order chi connectivity index (χ1) is 6.59. The average molecular weight is 192 g/mol. The van der Waals surface area contributed by atoms with Gasteiger partial charge in [-0.2, -0.15) is 4.98 Å². The number of rotatable bonds is 1. The van der Waals surface area contributed by atoms with Crippen molar-refractivity contribution in [1.29, 1.82) is 0 Å². The normalized spacial score (nSPS) is 10.8. The van der Waals surface area contributed by atoms with E-state index < -0.39 is 0 Å². The van der Waals surface area contributed by atoms with Crippen LogP contribution in [-0.2, 0) is 7.05 Å². The molecule has 6 heteroatoms. The van der Waals surface area contributed by atoms with Crippen molar-refractivity contribution in [1.82, 2.24) is 19.5 Å². The number of H-pyrrole nitrogens is 1. The molecule has 14 heavy (non-hydrogen) atoms. The van der Waals surface area contributed by atoms with Crippen LogP contribution < -0.4 is 10.5 Å². The second-order valence-corrected chi connectivity index (χ2v) is 3.23. The molecule has 2 aromatic rings. The number of anilines is 1. The van der Waals surface area contributed by atoms with Crippen LogP contribution >= 0.6 is 0 Å². The van der Waals surface area contributed by atoms with Crippen molar-refractivity contribution >= 4 is 17.1 Å². The number of aryl methyl sites for hydroxylation is 1. The fraction of sp³-hybridized carbons (Fsp3) is 0.375. The van der Waals surface area contributed by atoms with Gasteiger partial charge in [0.2, 0.25) is 5.95 Å². The monoisotopic (exact) mass is 192 g/mol. The lowest BCUT2D eigenvalue weighted by Gasteiger charge is -2.09. The Morgan fingerprint density at radius 1 is 1.50 bits per heavy atom. The third-order valence-electron chi connectivity index (χ3n) is 1.93. The smallest absolute Gasteiger partial charge is 0.278 e. The first-order valence-corrected chi connectivity index (χ1v) is 4.11. The Bertz CT molecular complexity index is 524. The Kier molecular flexibility index (Phi) is 1.77. The van der Waals surface area contributed by atoms with E-state index in [1.54, 1.807) is 26.0 Å². The van der Waals surface area contributed by atoms with Crippen molar-refractivity contribution in [2.24, 2.45) is 7.05 Å². The molecule has 2 rings (SSSR count). The van der Waals surface area contributed by atoms with E-state index in [1.807, 2.05) is 0 Å². The predicted molar refractivity (Wildman–Crippen MR) is 52.3 cm³/mol. The summed E-state index contributed by atoms with van der Waals surface area (Å²) in [5.41, 5.74) is 0.658. The zero-order chi connectivity index (χ0) is 10.3. The van der Waals surface area contributed by atoms with E-state index >= 15 is 0 Å². The van der Waals surface area contributed by atoms with Crippen molar-refractivity contribution in [3.8, 4) is 0 Å². The van der Waals surface area contributed by atoms with Crippen LogP contribution in [0, 0.1) is 6.33 Å². The highest BCUT2D eigenvalue weighted by Crippen LogP contribution is 2.06. The van der Waals surface area contributed by atoms with Crippen molar-refractivity contribution < 1.29 is 0 Å². The molecule has 2 heterocycles. The number of hydrogen-bond donors (Lipinski definition) is 1. The minimum atomic E-state index is -0.199. The predicted octanol–water partition coefficient (Wildman–Crippen LogP) is -0.477. The van der Waals surface area contributed by atoms with E-state index in [2.05, 4.69) is 21.3 Å². The Morgan fingerprint density at radius 2 is 2.21 bits per heavy atom. The number of nitrogens with one attached hydrogen (secondary N) is 1. The van der Waals surface area contributed by atoms with Crippen molar-refractivity contribution in [2.75, 3.05) is 19.0 Å². The highest BCUT2D eigenvalue weighted by molar-refractivity contribution is 5.70. The maximum atomic E-state index is 11.6. The Balaban J connectivity index is 2.81. The lowest BCUT2D eigenvalue weighted by Crippen LogP contribution is -2.19. The lowest BCUT2D eigenvalue weighted by molar-refractivity contribution is 0.924. The Labute approximate surface area is 80.2 Å². The fourth-order valence-corrected chi connectivity index (χ4v) is 1.21. The number of fused-ring (bicyclic) bond motifs is 1. The molecule has 0 saturated carbocycles. The highest BCUT2D eigenvalue weighted by atomic mass is 16.1. The molecule has 0 spiro atoms. The van der Waals surface area contributed by atoms with Crippen molar-refractivity contribution in [3.05, 3.63) is 16.7 Å². The summed E-state index contributed by atoms with van der Waals surface area (Å²) in [6, 6.07) is 0. The molecule has 0 aliphatic carbocycles. The lowest BCUT2D eigenvalue weighted by atomic mass is 10.5. The summed E-state index contributed by atoms with van der Waals surface area (Å²) in [4.78, 5) is 24.0. The van der Waals surface area contributed by atoms with Gasteiger partial charge in [-0.05, 0) is 0 Å². The molecule has 0 aromatic carbocycles. The zero-order valence-corrected chi connectivity index (χ0v) is 8.20. The zero-order valence-electron chi connectivity index (χ0n) is 8.20. The van der Waals surface area contributed by atoms with Crippen LogP contribution in [0.4, 0.5) is 5.95 Å². The van der Waals surface area contributed by atoms with Crippen LogP contribution in [0.3, 0.4) is 0 Å². The van der Waals surface area contributed by atoms with E-state index in [-0.39, 0.29) is 5.56 Å². The SMILES string of the molecule is CN(C)c1nc2n[c]n(C)c2c(=O)[nH]1. The maximum absolute atomic E-state index is 11.6. The molecule has 1 radical (unpaired) electrons. The van der Waals surface area contributed by atoms with Crippen LogP contribution in [0.2, 0.25) is 0 Å². The Morgan fingerprint density at radius 3 is 2.86 bits per heavy atom. The minimum absolute atomic E-state index is 0.199. The van der Waals surface area contributed by atoms with Gasteiger partial charge < -0.3 is 9.47 Å². The number of imidazole rings is 1. The Hall–Kier alpha value is -1.85. The molecule has 0 aliphatic heterocycles. The van der Waals surface area contributed by atoms with Crippen LogP contribution in [0.25, 0.3) is 11.2 Å². The van der Waals surface area contributed by atoms with Crippen LogP contribution in [0.1, 0.15) is 0 Å². The quantitative estimate of drug-likeness (QED) is 0.663. The molecule has 0 atom stereocenters. The van der Waals surface area contributed by atoms with Crippen LogP contribution in [0.15, 0.2) is 4.79 Å². The summed E-state index contributed by atoms with van der Waals surface area (Å²) < 4.78 is 1.53. The minimum Gasteiger partial charge on any atom is -0.348 e. The van der Waals surface area contributed by atoms with Crippen LogP contribution in [-0.4, -0.2) is 33.6 Å². The molecule has 2 aromatic heterocycles. The van der Waals surface area contributed by atoms with E-state index in [0.29, 0.717) is 17.1 Å². The molecule has 0 fully saturated rings. The summed E-state index contributed by atoms with van der Waals surface area (Å²) in [5.74, 6) is 0.495. The third kappa shape index (κ3) is 1.15. The number of aromatic nitrogens is 4. The van der Waals surface area contributed by atoms with Gasteiger partial charge in [0.25, 0.3) is 5.56 Å². The van der Waals surface area contributed by atoms with E-state index in [9.17, 15) is 4.79 Å². The van der Waals surface area contributed by atoms with Gasteiger partial charge in [-0.15, -0.1) is 0 Å². The van der Waals surface area contributed by atoms with Gasteiger partial charge in [0.1, 0.15) is 0 Å². The van der Waals surface area contributed by atoms with Gasteiger partial charge in [-0.1, -0.05) is 0 Å². The summed E-state index contributed by atoms with van der Waals surface area (Å²) in [6.45, 7) is 0. The molecule has 0 aliphatic rings. The second kappa shape index (κ2) is 2.83. The third-order valence-corrected chi connectivity index (χ3v) is 1.93. The van der Waals surface area contributed by atoms with Gasteiger partial charge in [0.15, 0.2) is 17.5 Å². The van der Waals surface area contributed by atoms with Crippen molar-refractivity contribution in [2.45, 2.75) is 0 Å².